The molecule has 0 radical (unpaired) electrons. The molecule has 1 aliphatic rings. The summed E-state index contributed by atoms with van der Waals surface area (Å²) in [5.41, 5.74) is 0.938. The Morgan fingerprint density at radius 2 is 2.43 bits per heavy atom. The van der Waals surface area contributed by atoms with Crippen LogP contribution in [0.25, 0.3) is 0 Å². The standard InChI is InChI=1S/C15H25N3O2S/c1-4-20-11(2)14-17-12(10-21-14)9-18(3)15(19)13-7-5-6-8-16-13/h10-11,13,16H,4-9H2,1-3H3/t11?,13-/m1/s1. The zero-order chi connectivity index (χ0) is 15.2. The molecule has 1 amide bonds. The van der Waals surface area contributed by atoms with E-state index in [4.69, 9.17) is 4.74 Å². The van der Waals surface area contributed by atoms with Crippen molar-refractivity contribution in [3.05, 3.63) is 16.1 Å². The highest BCUT2D eigenvalue weighted by Crippen LogP contribution is 2.22. The molecule has 5 nitrogen and oxygen atoms in total. The van der Waals surface area contributed by atoms with Crippen molar-refractivity contribution in [3.8, 4) is 0 Å². The van der Waals surface area contributed by atoms with Crippen LogP contribution in [0.1, 0.15) is 49.9 Å². The zero-order valence-corrected chi connectivity index (χ0v) is 13.9. The van der Waals surface area contributed by atoms with E-state index in [0.29, 0.717) is 13.2 Å². The van der Waals surface area contributed by atoms with Gasteiger partial charge in [0.2, 0.25) is 5.91 Å². The fourth-order valence-electron chi connectivity index (χ4n) is 2.55. The molecule has 1 aromatic heterocycles. The van der Waals surface area contributed by atoms with Crippen LogP contribution in [-0.2, 0) is 16.1 Å². The molecule has 6 heteroatoms. The Bertz CT molecular complexity index is 458. The van der Waals surface area contributed by atoms with E-state index in [1.54, 1.807) is 16.2 Å². The van der Waals surface area contributed by atoms with Crippen molar-refractivity contribution in [1.29, 1.82) is 0 Å². The normalized spacial score (nSPS) is 20.2. The molecule has 2 heterocycles. The summed E-state index contributed by atoms with van der Waals surface area (Å²) >= 11 is 1.60. The van der Waals surface area contributed by atoms with Gasteiger partial charge in [-0.1, -0.05) is 6.42 Å². The van der Waals surface area contributed by atoms with Gasteiger partial charge in [0.1, 0.15) is 11.1 Å². The minimum absolute atomic E-state index is 0.0229. The molecule has 1 aliphatic heterocycles. The molecule has 0 aromatic carbocycles. The number of hydrogen-bond acceptors (Lipinski definition) is 5. The maximum Gasteiger partial charge on any atom is 0.239 e. The van der Waals surface area contributed by atoms with Gasteiger partial charge in [0.15, 0.2) is 0 Å². The predicted molar refractivity (Wildman–Crippen MR) is 84.3 cm³/mol. The van der Waals surface area contributed by atoms with E-state index in [1.165, 1.54) is 0 Å². The van der Waals surface area contributed by atoms with Crippen LogP contribution < -0.4 is 5.32 Å². The van der Waals surface area contributed by atoms with Crippen LogP contribution in [-0.4, -0.2) is 42.0 Å². The summed E-state index contributed by atoms with van der Waals surface area (Å²) < 4.78 is 5.55. The fraction of sp³-hybridized carbons (Fsp3) is 0.733. The number of nitrogens with zero attached hydrogens (tertiary/aromatic N) is 2. The number of carbonyl (C=O) groups excluding carboxylic acids is 1. The highest BCUT2D eigenvalue weighted by molar-refractivity contribution is 7.09. The van der Waals surface area contributed by atoms with E-state index < -0.39 is 0 Å². The quantitative estimate of drug-likeness (QED) is 0.876. The second kappa shape index (κ2) is 7.87. The van der Waals surface area contributed by atoms with Crippen LogP contribution in [0.2, 0.25) is 0 Å². The van der Waals surface area contributed by atoms with Crippen molar-refractivity contribution in [1.82, 2.24) is 15.2 Å². The van der Waals surface area contributed by atoms with Crippen LogP contribution >= 0.6 is 11.3 Å². The van der Waals surface area contributed by atoms with Crippen LogP contribution in [0, 0.1) is 0 Å². The summed E-state index contributed by atoms with van der Waals surface area (Å²) in [5.74, 6) is 0.169. The number of ether oxygens (including phenoxy) is 1. The van der Waals surface area contributed by atoms with Gasteiger partial charge in [-0.3, -0.25) is 4.79 Å². The van der Waals surface area contributed by atoms with E-state index in [-0.39, 0.29) is 18.1 Å². The van der Waals surface area contributed by atoms with Gasteiger partial charge in [-0.15, -0.1) is 11.3 Å². The fourth-order valence-corrected chi connectivity index (χ4v) is 3.37. The Morgan fingerprint density at radius 1 is 1.62 bits per heavy atom. The Labute approximate surface area is 130 Å². The monoisotopic (exact) mass is 311 g/mol. The van der Waals surface area contributed by atoms with Crippen LogP contribution in [0.4, 0.5) is 0 Å². The first-order chi connectivity index (χ1) is 10.1. The van der Waals surface area contributed by atoms with E-state index in [9.17, 15) is 4.79 Å². The first-order valence-electron chi connectivity index (χ1n) is 7.66. The van der Waals surface area contributed by atoms with Crippen LogP contribution in [0.3, 0.4) is 0 Å². The van der Waals surface area contributed by atoms with Crippen molar-refractivity contribution in [3.63, 3.8) is 0 Å². The number of thiazole rings is 1. The maximum absolute atomic E-state index is 12.4. The van der Waals surface area contributed by atoms with Crippen molar-refractivity contribution in [2.45, 2.75) is 51.8 Å². The molecule has 118 valence electrons. The Balaban J connectivity index is 1.89. The van der Waals surface area contributed by atoms with Gasteiger partial charge < -0.3 is 15.0 Å². The largest absolute Gasteiger partial charge is 0.372 e. The number of piperidine rings is 1. The minimum Gasteiger partial charge on any atom is -0.372 e. The van der Waals surface area contributed by atoms with Gasteiger partial charge in [-0.25, -0.2) is 4.98 Å². The van der Waals surface area contributed by atoms with Gasteiger partial charge in [-0.05, 0) is 33.2 Å². The molecule has 2 atom stereocenters. The van der Waals surface area contributed by atoms with E-state index in [1.807, 2.05) is 26.3 Å². The second-order valence-electron chi connectivity index (χ2n) is 5.47. The van der Waals surface area contributed by atoms with E-state index >= 15 is 0 Å². The maximum atomic E-state index is 12.4. The summed E-state index contributed by atoms with van der Waals surface area (Å²) in [6.45, 7) is 6.17. The molecule has 1 saturated heterocycles. The third-order valence-corrected chi connectivity index (χ3v) is 4.77. The molecule has 1 unspecified atom stereocenters. The highest BCUT2D eigenvalue weighted by atomic mass is 32.1. The SMILES string of the molecule is CCOC(C)c1nc(CN(C)C(=O)[C@H]2CCCCN2)cs1. The first-order valence-corrected chi connectivity index (χ1v) is 8.54. The number of aromatic nitrogens is 1. The molecule has 0 saturated carbocycles. The van der Waals surface area contributed by atoms with Crippen LogP contribution in [0.5, 0.6) is 0 Å². The summed E-state index contributed by atoms with van der Waals surface area (Å²) in [5, 5.41) is 6.29. The molecular weight excluding hydrogens is 286 g/mol. The van der Waals surface area contributed by atoms with Gasteiger partial charge >= 0.3 is 0 Å². The van der Waals surface area contributed by atoms with Gasteiger partial charge in [-0.2, -0.15) is 0 Å². The Hall–Kier alpha value is -0.980. The number of hydrogen-bond donors (Lipinski definition) is 1. The molecule has 0 aliphatic carbocycles. The average molecular weight is 311 g/mol. The first kappa shape index (κ1) is 16.4. The third-order valence-electron chi connectivity index (χ3n) is 3.72. The molecular formula is C15H25N3O2S. The van der Waals surface area contributed by atoms with Crippen LogP contribution in [0.15, 0.2) is 5.38 Å². The molecule has 1 fully saturated rings. The molecule has 21 heavy (non-hydrogen) atoms. The molecule has 0 spiro atoms. The van der Waals surface area contributed by atoms with Crippen molar-refractivity contribution in [2.24, 2.45) is 0 Å². The number of nitrogens with one attached hydrogen (secondary N) is 1. The number of amides is 1. The zero-order valence-electron chi connectivity index (χ0n) is 13.1. The lowest BCUT2D eigenvalue weighted by atomic mass is 10.0. The Kier molecular flexibility index (Phi) is 6.14. The minimum atomic E-state index is -0.0239. The lowest BCUT2D eigenvalue weighted by Gasteiger charge is -2.27. The number of carbonyl (C=O) groups is 1. The van der Waals surface area contributed by atoms with Crippen molar-refractivity contribution >= 4 is 17.2 Å². The average Bonchev–Trinajstić information content (AvgIpc) is 2.96. The van der Waals surface area contributed by atoms with E-state index in [0.717, 1.165) is 36.5 Å². The van der Waals surface area contributed by atoms with E-state index in [2.05, 4.69) is 10.3 Å². The predicted octanol–water partition coefficient (Wildman–Crippen LogP) is 2.34. The second-order valence-corrected chi connectivity index (χ2v) is 6.36. The highest BCUT2D eigenvalue weighted by Gasteiger charge is 2.24. The Morgan fingerprint density at radius 3 is 3.10 bits per heavy atom. The smallest absolute Gasteiger partial charge is 0.239 e. The third kappa shape index (κ3) is 4.49. The molecule has 2 rings (SSSR count). The van der Waals surface area contributed by atoms with Gasteiger partial charge in [0, 0.05) is 19.0 Å². The van der Waals surface area contributed by atoms with Gasteiger partial charge in [0.25, 0.3) is 0 Å². The number of rotatable bonds is 6. The summed E-state index contributed by atoms with van der Waals surface area (Å²) in [7, 11) is 1.85. The molecule has 1 N–H and O–H groups in total. The number of likely N-dealkylation sites (N-methyl/N-ethyl adjacent to an activating group) is 1. The van der Waals surface area contributed by atoms with Gasteiger partial charge in [0.05, 0.1) is 18.3 Å². The molecule has 1 aromatic rings. The van der Waals surface area contributed by atoms with Crippen molar-refractivity contribution < 1.29 is 9.53 Å². The molecule has 0 bridgehead atoms. The van der Waals surface area contributed by atoms with Crippen molar-refractivity contribution in [2.75, 3.05) is 20.2 Å². The summed E-state index contributed by atoms with van der Waals surface area (Å²) in [6, 6.07) is -0.0239. The lowest BCUT2D eigenvalue weighted by molar-refractivity contribution is -0.133. The summed E-state index contributed by atoms with van der Waals surface area (Å²) in [4.78, 5) is 18.7. The lowest BCUT2D eigenvalue weighted by Crippen LogP contribution is -2.47. The summed E-state index contributed by atoms with van der Waals surface area (Å²) in [6.07, 6.45) is 3.25. The topological polar surface area (TPSA) is 54.5 Å².